The van der Waals surface area contributed by atoms with Crippen molar-refractivity contribution in [3.8, 4) is 0 Å². The van der Waals surface area contributed by atoms with E-state index in [2.05, 4.69) is 10.1 Å². The lowest BCUT2D eigenvalue weighted by molar-refractivity contribution is -0.141. The molecule has 2 aromatic heterocycles. The minimum absolute atomic E-state index is 0.0829. The van der Waals surface area contributed by atoms with Crippen LogP contribution in [0.1, 0.15) is 22.5 Å². The first-order valence-electron chi connectivity index (χ1n) is 7.91. The molecular formula is C16H18F3N5O. The van der Waals surface area contributed by atoms with Crippen LogP contribution < -0.4 is 4.90 Å². The first kappa shape index (κ1) is 17.2. The Balaban J connectivity index is 1.66. The first-order valence-corrected chi connectivity index (χ1v) is 7.91. The van der Waals surface area contributed by atoms with Gasteiger partial charge in [-0.3, -0.25) is 9.48 Å². The third kappa shape index (κ3) is 3.92. The number of pyridine rings is 1. The maximum atomic E-state index is 12.6. The van der Waals surface area contributed by atoms with Crippen LogP contribution in [0.2, 0.25) is 0 Å². The van der Waals surface area contributed by atoms with Gasteiger partial charge in [-0.05, 0) is 18.6 Å². The number of nitrogens with zero attached hydrogens (tertiary/aromatic N) is 5. The number of amides is 1. The van der Waals surface area contributed by atoms with Crippen LogP contribution in [0.25, 0.3) is 0 Å². The number of rotatable bonds is 2. The van der Waals surface area contributed by atoms with E-state index in [1.54, 1.807) is 22.8 Å². The monoisotopic (exact) mass is 353 g/mol. The lowest BCUT2D eigenvalue weighted by atomic mass is 10.3. The summed E-state index contributed by atoms with van der Waals surface area (Å²) in [6, 6.07) is 2.41. The average Bonchev–Trinajstić information content (AvgIpc) is 2.86. The fourth-order valence-corrected chi connectivity index (χ4v) is 2.83. The molecule has 0 radical (unpaired) electrons. The van der Waals surface area contributed by atoms with Gasteiger partial charge in [0.2, 0.25) is 0 Å². The topological polar surface area (TPSA) is 54.3 Å². The van der Waals surface area contributed by atoms with Gasteiger partial charge in [-0.25, -0.2) is 4.98 Å². The third-order valence-electron chi connectivity index (χ3n) is 4.14. The van der Waals surface area contributed by atoms with Crippen molar-refractivity contribution in [2.24, 2.45) is 7.05 Å². The zero-order valence-corrected chi connectivity index (χ0v) is 13.7. The number of aryl methyl sites for hydroxylation is 1. The second kappa shape index (κ2) is 6.73. The summed E-state index contributed by atoms with van der Waals surface area (Å²) < 4.78 is 39.4. The van der Waals surface area contributed by atoms with Gasteiger partial charge >= 0.3 is 6.18 Å². The summed E-state index contributed by atoms with van der Waals surface area (Å²) in [5.41, 5.74) is 0.260. The van der Waals surface area contributed by atoms with Crippen molar-refractivity contribution < 1.29 is 18.0 Å². The highest BCUT2D eigenvalue weighted by Crippen LogP contribution is 2.28. The molecule has 0 aliphatic carbocycles. The Hall–Kier alpha value is -2.58. The van der Waals surface area contributed by atoms with E-state index in [1.807, 2.05) is 4.90 Å². The average molecular weight is 353 g/mol. The third-order valence-corrected chi connectivity index (χ3v) is 4.14. The van der Waals surface area contributed by atoms with Crippen LogP contribution in [0.5, 0.6) is 0 Å². The second-order valence-electron chi connectivity index (χ2n) is 5.93. The molecule has 0 atom stereocenters. The molecule has 1 fully saturated rings. The van der Waals surface area contributed by atoms with Gasteiger partial charge in [0.25, 0.3) is 5.91 Å². The smallest absolute Gasteiger partial charge is 0.368 e. The summed E-state index contributed by atoms with van der Waals surface area (Å²) in [5.74, 6) is -0.0829. The predicted molar refractivity (Wildman–Crippen MR) is 85.2 cm³/mol. The van der Waals surface area contributed by atoms with Gasteiger partial charge in [-0.2, -0.15) is 18.3 Å². The highest BCUT2D eigenvalue weighted by atomic mass is 19.4. The second-order valence-corrected chi connectivity index (χ2v) is 5.93. The number of alkyl halides is 3. The van der Waals surface area contributed by atoms with Gasteiger partial charge in [0.15, 0.2) is 0 Å². The van der Waals surface area contributed by atoms with Gasteiger partial charge in [-0.1, -0.05) is 0 Å². The summed E-state index contributed by atoms with van der Waals surface area (Å²) in [7, 11) is 1.75. The Morgan fingerprint density at radius 3 is 2.52 bits per heavy atom. The van der Waals surface area contributed by atoms with E-state index in [4.69, 9.17) is 0 Å². The van der Waals surface area contributed by atoms with Gasteiger partial charge in [0, 0.05) is 39.4 Å². The Morgan fingerprint density at radius 2 is 1.92 bits per heavy atom. The number of hydrogen-bond acceptors (Lipinski definition) is 4. The maximum absolute atomic E-state index is 12.6. The molecule has 0 N–H and O–H groups in total. The molecule has 0 bridgehead atoms. The molecular weight excluding hydrogens is 335 g/mol. The predicted octanol–water partition coefficient (Wildman–Crippen LogP) is 2.19. The van der Waals surface area contributed by atoms with Crippen molar-refractivity contribution in [1.29, 1.82) is 0 Å². The van der Waals surface area contributed by atoms with Crippen molar-refractivity contribution >= 4 is 11.6 Å². The van der Waals surface area contributed by atoms with E-state index in [0.29, 0.717) is 37.4 Å². The zero-order valence-electron chi connectivity index (χ0n) is 13.7. The van der Waals surface area contributed by atoms with E-state index in [-0.39, 0.29) is 5.91 Å². The molecule has 134 valence electrons. The Bertz CT molecular complexity index is 741. The molecule has 0 saturated carbocycles. The number of aromatic nitrogens is 3. The minimum Gasteiger partial charge on any atom is -0.368 e. The van der Waals surface area contributed by atoms with Gasteiger partial charge < -0.3 is 9.80 Å². The minimum atomic E-state index is -4.44. The molecule has 0 aromatic carbocycles. The summed E-state index contributed by atoms with van der Waals surface area (Å²) >= 11 is 0. The van der Waals surface area contributed by atoms with Crippen molar-refractivity contribution in [2.75, 3.05) is 31.1 Å². The van der Waals surface area contributed by atoms with E-state index in [0.717, 1.165) is 12.5 Å². The largest absolute Gasteiger partial charge is 0.433 e. The number of anilines is 1. The number of carbonyl (C=O) groups is 1. The Morgan fingerprint density at radius 1 is 1.12 bits per heavy atom. The Labute approximate surface area is 142 Å². The quantitative estimate of drug-likeness (QED) is 0.831. The normalized spacial score (nSPS) is 16.0. The van der Waals surface area contributed by atoms with Crippen LogP contribution in [-0.2, 0) is 13.2 Å². The maximum Gasteiger partial charge on any atom is 0.433 e. The van der Waals surface area contributed by atoms with Gasteiger partial charge in [0.05, 0.1) is 23.6 Å². The molecule has 25 heavy (non-hydrogen) atoms. The van der Waals surface area contributed by atoms with Crippen LogP contribution in [-0.4, -0.2) is 51.8 Å². The van der Waals surface area contributed by atoms with E-state index >= 15 is 0 Å². The fraction of sp³-hybridized carbons (Fsp3) is 0.438. The molecule has 1 aliphatic rings. The van der Waals surface area contributed by atoms with Crippen molar-refractivity contribution in [3.63, 3.8) is 0 Å². The molecule has 0 unspecified atom stereocenters. The standard InChI is InChI=1S/C16H18F3N5O/c1-22-11-12(9-21-22)15(25)24-6-2-5-23(7-8-24)13-3-4-14(20-10-13)16(17,18)19/h3-4,9-11H,2,5-8H2,1H3. The molecule has 1 aliphatic heterocycles. The molecule has 9 heteroatoms. The van der Waals surface area contributed by atoms with Crippen LogP contribution in [0.15, 0.2) is 30.7 Å². The Kier molecular flexibility index (Phi) is 4.65. The molecule has 1 saturated heterocycles. The fourth-order valence-electron chi connectivity index (χ4n) is 2.83. The summed E-state index contributed by atoms with van der Waals surface area (Å²) in [6.07, 6.45) is 0.730. The number of hydrogen-bond donors (Lipinski definition) is 0. The molecule has 6 nitrogen and oxygen atoms in total. The highest BCUT2D eigenvalue weighted by Gasteiger charge is 2.32. The lowest BCUT2D eigenvalue weighted by Crippen LogP contribution is -2.35. The van der Waals surface area contributed by atoms with Crippen molar-refractivity contribution in [1.82, 2.24) is 19.7 Å². The molecule has 0 spiro atoms. The van der Waals surface area contributed by atoms with Crippen molar-refractivity contribution in [3.05, 3.63) is 42.0 Å². The van der Waals surface area contributed by atoms with Gasteiger partial charge in [0.1, 0.15) is 5.69 Å². The van der Waals surface area contributed by atoms with Crippen LogP contribution in [0.3, 0.4) is 0 Å². The first-order chi connectivity index (χ1) is 11.8. The summed E-state index contributed by atoms with van der Waals surface area (Å²) in [4.78, 5) is 19.7. The molecule has 2 aromatic rings. The number of halogens is 3. The van der Waals surface area contributed by atoms with Crippen LogP contribution in [0.4, 0.5) is 18.9 Å². The van der Waals surface area contributed by atoms with Gasteiger partial charge in [-0.15, -0.1) is 0 Å². The SMILES string of the molecule is Cn1cc(C(=O)N2CCCN(c3ccc(C(F)(F)F)nc3)CC2)cn1. The van der Waals surface area contributed by atoms with Crippen molar-refractivity contribution in [2.45, 2.75) is 12.6 Å². The summed E-state index contributed by atoms with van der Waals surface area (Å²) in [5, 5.41) is 4.01. The lowest BCUT2D eigenvalue weighted by Gasteiger charge is -2.23. The van der Waals surface area contributed by atoms with E-state index in [1.165, 1.54) is 18.5 Å². The highest BCUT2D eigenvalue weighted by molar-refractivity contribution is 5.93. The molecule has 1 amide bonds. The van der Waals surface area contributed by atoms with E-state index < -0.39 is 11.9 Å². The molecule has 3 heterocycles. The van der Waals surface area contributed by atoms with E-state index in [9.17, 15) is 18.0 Å². The van der Waals surface area contributed by atoms with Crippen LogP contribution >= 0.6 is 0 Å². The molecule has 3 rings (SSSR count). The zero-order chi connectivity index (χ0) is 18.0. The summed E-state index contributed by atoms with van der Waals surface area (Å²) in [6.45, 7) is 2.29. The number of carbonyl (C=O) groups excluding carboxylic acids is 1. The van der Waals surface area contributed by atoms with Crippen LogP contribution in [0, 0.1) is 0 Å².